The van der Waals surface area contributed by atoms with Gasteiger partial charge in [0.15, 0.2) is 12.0 Å². The predicted octanol–water partition coefficient (Wildman–Crippen LogP) is 1.25. The Balaban J connectivity index is 3.28. The summed E-state index contributed by atoms with van der Waals surface area (Å²) in [4.78, 5) is 13.8. The molecule has 0 atom stereocenters. The summed E-state index contributed by atoms with van der Waals surface area (Å²) in [5, 5.41) is 8.47. The topological polar surface area (TPSA) is 89.0 Å². The van der Waals surface area contributed by atoms with Crippen molar-refractivity contribution >= 4 is 12.0 Å². The number of nitrogens with two attached hydrogens (primary N) is 1. The molecule has 0 fully saturated rings. The van der Waals surface area contributed by atoms with Crippen LogP contribution in [-0.4, -0.2) is 17.6 Å². The van der Waals surface area contributed by atoms with Crippen molar-refractivity contribution in [3.63, 3.8) is 0 Å². The maximum atomic E-state index is 11.9. The third-order valence-electron chi connectivity index (χ3n) is 1.50. The first-order chi connectivity index (χ1) is 7.37. The first kappa shape index (κ1) is 11.8. The number of carbonyl (C=O) groups excluding carboxylic acids is 1. The Morgan fingerprint density at radius 2 is 2.19 bits per heavy atom. The number of rotatable bonds is 2. The first-order valence-electron chi connectivity index (χ1n) is 3.79. The van der Waals surface area contributed by atoms with Gasteiger partial charge in [-0.15, -0.1) is 13.2 Å². The second kappa shape index (κ2) is 4.06. The van der Waals surface area contributed by atoms with Crippen molar-refractivity contribution in [2.24, 2.45) is 0 Å². The van der Waals surface area contributed by atoms with E-state index in [4.69, 9.17) is 11.0 Å². The summed E-state index contributed by atoms with van der Waals surface area (Å²) in [5.41, 5.74) is 3.77. The zero-order chi connectivity index (χ0) is 12.3. The zero-order valence-corrected chi connectivity index (χ0v) is 7.58. The lowest BCUT2D eigenvalue weighted by atomic mass is 10.2. The number of aromatic nitrogens is 1. The Hall–Kier alpha value is -2.30. The summed E-state index contributed by atoms with van der Waals surface area (Å²) < 4.78 is 39.3. The Labute approximate surface area is 87.3 Å². The molecule has 0 aliphatic rings. The average Bonchev–Trinajstić information content (AvgIpc) is 2.19. The van der Waals surface area contributed by atoms with Crippen molar-refractivity contribution in [2.75, 3.05) is 5.73 Å². The molecule has 1 rings (SSSR count). The van der Waals surface area contributed by atoms with Crippen LogP contribution >= 0.6 is 0 Å². The number of carbonyl (C=O) groups is 1. The lowest BCUT2D eigenvalue weighted by Crippen LogP contribution is -2.19. The number of anilines is 1. The molecule has 0 bridgehead atoms. The number of alkyl halides is 3. The monoisotopic (exact) mass is 231 g/mol. The fraction of sp³-hybridized carbons (Fsp3) is 0.125. The van der Waals surface area contributed by atoms with Gasteiger partial charge in [-0.1, -0.05) is 0 Å². The summed E-state index contributed by atoms with van der Waals surface area (Å²) >= 11 is 0. The quantitative estimate of drug-likeness (QED) is 0.773. The van der Waals surface area contributed by atoms with E-state index >= 15 is 0 Å². The van der Waals surface area contributed by atoms with E-state index in [1.807, 2.05) is 0 Å². The number of nitrogen functional groups attached to an aromatic ring is 1. The van der Waals surface area contributed by atoms with Crippen molar-refractivity contribution < 1.29 is 22.7 Å². The molecule has 0 radical (unpaired) electrons. The maximum absolute atomic E-state index is 11.9. The Bertz CT molecular complexity index is 465. The van der Waals surface area contributed by atoms with Gasteiger partial charge in [0.1, 0.15) is 23.1 Å². The lowest BCUT2D eigenvalue weighted by molar-refractivity contribution is -0.274. The van der Waals surface area contributed by atoms with Crippen molar-refractivity contribution in [3.05, 3.63) is 17.5 Å². The van der Waals surface area contributed by atoms with Gasteiger partial charge in [-0.05, 0) is 0 Å². The smallest absolute Gasteiger partial charge is 0.403 e. The number of aldehydes is 1. The average molecular weight is 231 g/mol. The summed E-state index contributed by atoms with van der Waals surface area (Å²) in [6, 6.07) is 2.19. The molecule has 0 saturated heterocycles. The van der Waals surface area contributed by atoms with Crippen molar-refractivity contribution in [2.45, 2.75) is 6.36 Å². The van der Waals surface area contributed by atoms with Crippen LogP contribution in [0.3, 0.4) is 0 Å². The molecule has 2 N–H and O–H groups in total. The largest absolute Gasteiger partial charge is 0.573 e. The number of hydrogen-bond donors (Lipinski definition) is 1. The molecule has 0 aromatic carbocycles. The molecule has 0 amide bonds. The van der Waals surface area contributed by atoms with Crippen LogP contribution in [-0.2, 0) is 0 Å². The number of nitriles is 1. The van der Waals surface area contributed by atoms with Crippen LogP contribution in [0.15, 0.2) is 6.07 Å². The van der Waals surface area contributed by atoms with E-state index in [9.17, 15) is 18.0 Å². The van der Waals surface area contributed by atoms with E-state index in [1.165, 1.54) is 6.07 Å². The van der Waals surface area contributed by atoms with Gasteiger partial charge in [0, 0.05) is 6.07 Å². The fourth-order valence-corrected chi connectivity index (χ4v) is 0.907. The molecule has 0 aliphatic carbocycles. The minimum atomic E-state index is -4.96. The molecule has 0 saturated carbocycles. The highest BCUT2D eigenvalue weighted by molar-refractivity contribution is 5.83. The second-order valence-electron chi connectivity index (χ2n) is 2.58. The van der Waals surface area contributed by atoms with Crippen LogP contribution < -0.4 is 10.5 Å². The van der Waals surface area contributed by atoms with E-state index in [0.29, 0.717) is 6.07 Å². The van der Waals surface area contributed by atoms with Crippen LogP contribution in [0, 0.1) is 11.3 Å². The highest BCUT2D eigenvalue weighted by atomic mass is 19.4. The normalized spacial score (nSPS) is 10.6. The van der Waals surface area contributed by atoms with E-state index in [0.717, 1.165) is 0 Å². The number of pyridine rings is 1. The highest BCUT2D eigenvalue weighted by Gasteiger charge is 2.32. The first-order valence-corrected chi connectivity index (χ1v) is 3.79. The van der Waals surface area contributed by atoms with Gasteiger partial charge in [0.2, 0.25) is 0 Å². The molecule has 0 aliphatic heterocycles. The van der Waals surface area contributed by atoms with Gasteiger partial charge in [0.25, 0.3) is 0 Å². The summed E-state index contributed by atoms with van der Waals surface area (Å²) in [6.45, 7) is 0. The fourth-order valence-electron chi connectivity index (χ4n) is 0.907. The Morgan fingerprint density at radius 1 is 1.56 bits per heavy atom. The molecule has 0 unspecified atom stereocenters. The van der Waals surface area contributed by atoms with Gasteiger partial charge >= 0.3 is 6.36 Å². The highest BCUT2D eigenvalue weighted by Crippen LogP contribution is 2.29. The molecule has 16 heavy (non-hydrogen) atoms. The van der Waals surface area contributed by atoms with Crippen molar-refractivity contribution in [1.82, 2.24) is 4.98 Å². The van der Waals surface area contributed by atoms with Crippen molar-refractivity contribution in [1.29, 1.82) is 5.26 Å². The van der Waals surface area contributed by atoms with E-state index < -0.39 is 29.2 Å². The van der Waals surface area contributed by atoms with Gasteiger partial charge in [-0.25, -0.2) is 4.98 Å². The van der Waals surface area contributed by atoms with Gasteiger partial charge in [0.05, 0.1) is 0 Å². The molecule has 84 valence electrons. The van der Waals surface area contributed by atoms with Crippen LogP contribution in [0.4, 0.5) is 18.9 Å². The zero-order valence-electron chi connectivity index (χ0n) is 7.58. The molecular weight excluding hydrogens is 227 g/mol. The van der Waals surface area contributed by atoms with Crippen LogP contribution in [0.5, 0.6) is 5.75 Å². The molecule has 1 aromatic rings. The second-order valence-corrected chi connectivity index (χ2v) is 2.58. The van der Waals surface area contributed by atoms with Crippen LogP contribution in [0.25, 0.3) is 0 Å². The Kier molecular flexibility index (Phi) is 2.99. The van der Waals surface area contributed by atoms with E-state index in [2.05, 4.69) is 9.72 Å². The molecule has 8 heteroatoms. The van der Waals surface area contributed by atoms with Gasteiger partial charge in [-0.2, -0.15) is 5.26 Å². The number of ether oxygens (including phenoxy) is 1. The molecule has 0 spiro atoms. The predicted molar refractivity (Wildman–Crippen MR) is 45.4 cm³/mol. The summed E-state index contributed by atoms with van der Waals surface area (Å²) in [5.74, 6) is -0.818. The SMILES string of the molecule is N#Cc1cc(OC(F)(F)F)c(N)c(C=O)n1. The minimum absolute atomic E-state index is 0.138. The van der Waals surface area contributed by atoms with Gasteiger partial charge < -0.3 is 10.5 Å². The van der Waals surface area contributed by atoms with Crippen molar-refractivity contribution in [3.8, 4) is 11.8 Å². The van der Waals surface area contributed by atoms with E-state index in [-0.39, 0.29) is 6.29 Å². The number of hydrogen-bond acceptors (Lipinski definition) is 5. The third-order valence-corrected chi connectivity index (χ3v) is 1.50. The lowest BCUT2D eigenvalue weighted by Gasteiger charge is -2.11. The number of halogens is 3. The maximum Gasteiger partial charge on any atom is 0.573 e. The molecule has 5 nitrogen and oxygen atoms in total. The minimum Gasteiger partial charge on any atom is -0.403 e. The summed E-state index contributed by atoms with van der Waals surface area (Å²) in [7, 11) is 0. The Morgan fingerprint density at radius 3 is 2.62 bits per heavy atom. The molecule has 1 heterocycles. The molecule has 1 aromatic heterocycles. The van der Waals surface area contributed by atoms with Crippen LogP contribution in [0.1, 0.15) is 16.2 Å². The third kappa shape index (κ3) is 2.60. The molecular formula is C8H4F3N3O2. The van der Waals surface area contributed by atoms with E-state index in [1.54, 1.807) is 0 Å². The number of nitrogens with zero attached hydrogens (tertiary/aromatic N) is 2. The standard InChI is InChI=1S/C8H4F3N3O2/c9-8(10,11)16-6-1-4(2-12)14-5(3-15)7(6)13/h1,3H,13H2. The summed E-state index contributed by atoms with van der Waals surface area (Å²) in [6.07, 6.45) is -4.82. The van der Waals surface area contributed by atoms with Crippen LogP contribution in [0.2, 0.25) is 0 Å². The van der Waals surface area contributed by atoms with Gasteiger partial charge in [-0.3, -0.25) is 4.79 Å².